The second kappa shape index (κ2) is 2.97. The molecular weight excluding hydrogens is 150 g/mol. The zero-order valence-electron chi connectivity index (χ0n) is 7.64. The van der Waals surface area contributed by atoms with Crippen LogP contribution in [0.4, 0.5) is 5.69 Å². The number of hydrogen-bond acceptors (Lipinski definition) is 2. The van der Waals surface area contributed by atoms with Gasteiger partial charge in [0.1, 0.15) is 0 Å². The lowest BCUT2D eigenvalue weighted by Crippen LogP contribution is -1.99. The highest BCUT2D eigenvalue weighted by molar-refractivity contribution is 5.96. The van der Waals surface area contributed by atoms with Crippen LogP contribution in [0.15, 0.2) is 12.1 Å². The summed E-state index contributed by atoms with van der Waals surface area (Å²) in [6.45, 7) is 5.37. The second-order valence-corrected chi connectivity index (χ2v) is 3.08. The van der Waals surface area contributed by atoms with Crippen LogP contribution < -0.4 is 5.73 Å². The summed E-state index contributed by atoms with van der Waals surface area (Å²) >= 11 is 0. The van der Waals surface area contributed by atoms with Crippen LogP contribution in [0, 0.1) is 13.8 Å². The number of nitrogen functional groups attached to an aromatic ring is 1. The predicted molar refractivity (Wildman–Crippen MR) is 50.3 cm³/mol. The molecule has 0 saturated carbocycles. The number of aryl methyl sites for hydroxylation is 2. The molecule has 0 saturated heterocycles. The topological polar surface area (TPSA) is 43.1 Å². The van der Waals surface area contributed by atoms with Gasteiger partial charge in [-0.25, -0.2) is 0 Å². The van der Waals surface area contributed by atoms with Gasteiger partial charge in [-0.3, -0.25) is 4.79 Å². The van der Waals surface area contributed by atoms with Crippen LogP contribution in [-0.4, -0.2) is 5.78 Å². The van der Waals surface area contributed by atoms with E-state index in [1.807, 2.05) is 26.0 Å². The summed E-state index contributed by atoms with van der Waals surface area (Å²) in [5.41, 5.74) is 9.10. The highest BCUT2D eigenvalue weighted by Crippen LogP contribution is 2.17. The van der Waals surface area contributed by atoms with E-state index in [9.17, 15) is 4.79 Å². The molecule has 0 atom stereocenters. The van der Waals surface area contributed by atoms with Crippen molar-refractivity contribution < 1.29 is 4.79 Å². The highest BCUT2D eigenvalue weighted by Gasteiger charge is 2.05. The molecule has 1 aromatic rings. The van der Waals surface area contributed by atoms with E-state index in [1.165, 1.54) is 0 Å². The quantitative estimate of drug-likeness (QED) is 0.509. The number of carbonyl (C=O) groups is 1. The number of carbonyl (C=O) groups excluding carboxylic acids is 1. The number of rotatable bonds is 1. The number of benzene rings is 1. The van der Waals surface area contributed by atoms with Gasteiger partial charge in [0.25, 0.3) is 0 Å². The minimum atomic E-state index is 0.0931. The van der Waals surface area contributed by atoms with Crippen LogP contribution in [0.1, 0.15) is 28.4 Å². The lowest BCUT2D eigenvalue weighted by molar-refractivity contribution is 0.101. The van der Waals surface area contributed by atoms with E-state index >= 15 is 0 Å². The first-order valence-electron chi connectivity index (χ1n) is 3.90. The molecule has 0 bridgehead atoms. The van der Waals surface area contributed by atoms with Gasteiger partial charge < -0.3 is 5.73 Å². The molecule has 0 aliphatic rings. The Morgan fingerprint density at radius 3 is 2.33 bits per heavy atom. The van der Waals surface area contributed by atoms with Crippen molar-refractivity contribution in [3.05, 3.63) is 28.8 Å². The third kappa shape index (κ3) is 1.47. The predicted octanol–water partition coefficient (Wildman–Crippen LogP) is 2.09. The standard InChI is InChI=1S/C10H13NO/c1-6-5-10(11)7(2)4-9(6)8(3)12/h4-5H,11H2,1-3H3. The summed E-state index contributed by atoms with van der Waals surface area (Å²) < 4.78 is 0. The number of anilines is 1. The molecule has 2 N–H and O–H groups in total. The first-order valence-corrected chi connectivity index (χ1v) is 3.90. The van der Waals surface area contributed by atoms with Crippen LogP contribution in [0.25, 0.3) is 0 Å². The van der Waals surface area contributed by atoms with Gasteiger partial charge in [0.05, 0.1) is 0 Å². The first-order chi connectivity index (χ1) is 5.52. The Morgan fingerprint density at radius 2 is 1.83 bits per heavy atom. The van der Waals surface area contributed by atoms with Crippen LogP contribution in [0.3, 0.4) is 0 Å². The van der Waals surface area contributed by atoms with Crippen LogP contribution in [-0.2, 0) is 0 Å². The molecular formula is C10H13NO. The van der Waals surface area contributed by atoms with Crippen LogP contribution in [0.2, 0.25) is 0 Å². The van der Waals surface area contributed by atoms with Gasteiger partial charge >= 0.3 is 0 Å². The Morgan fingerprint density at radius 1 is 1.25 bits per heavy atom. The fourth-order valence-electron chi connectivity index (χ4n) is 1.22. The Kier molecular flexibility index (Phi) is 2.18. The van der Waals surface area contributed by atoms with Crippen molar-refractivity contribution >= 4 is 11.5 Å². The van der Waals surface area contributed by atoms with E-state index < -0.39 is 0 Å². The third-order valence-corrected chi connectivity index (χ3v) is 1.99. The zero-order chi connectivity index (χ0) is 9.30. The molecule has 1 aromatic carbocycles. The molecule has 0 radical (unpaired) electrons. The molecule has 0 unspecified atom stereocenters. The molecule has 0 spiro atoms. The molecule has 64 valence electrons. The van der Waals surface area contributed by atoms with Gasteiger partial charge in [0, 0.05) is 11.3 Å². The van der Waals surface area contributed by atoms with Crippen molar-refractivity contribution in [1.82, 2.24) is 0 Å². The molecule has 0 fully saturated rings. The SMILES string of the molecule is CC(=O)c1cc(C)c(N)cc1C. The average molecular weight is 163 g/mol. The maximum Gasteiger partial charge on any atom is 0.160 e. The normalized spacial score (nSPS) is 9.92. The first kappa shape index (κ1) is 8.78. The number of hydrogen-bond donors (Lipinski definition) is 1. The van der Waals surface area contributed by atoms with E-state index in [1.54, 1.807) is 6.92 Å². The highest BCUT2D eigenvalue weighted by atomic mass is 16.1. The molecule has 0 aliphatic heterocycles. The summed E-state index contributed by atoms with van der Waals surface area (Å²) in [4.78, 5) is 11.1. The van der Waals surface area contributed by atoms with E-state index in [0.717, 1.165) is 22.4 Å². The molecule has 0 heterocycles. The Labute approximate surface area is 72.4 Å². The van der Waals surface area contributed by atoms with Gasteiger partial charge in [-0.15, -0.1) is 0 Å². The molecule has 0 aliphatic carbocycles. The molecule has 2 heteroatoms. The fraction of sp³-hybridized carbons (Fsp3) is 0.300. The van der Waals surface area contributed by atoms with E-state index in [4.69, 9.17) is 5.73 Å². The maximum atomic E-state index is 11.1. The smallest absolute Gasteiger partial charge is 0.160 e. The lowest BCUT2D eigenvalue weighted by atomic mass is 10.0. The Hall–Kier alpha value is -1.31. The zero-order valence-corrected chi connectivity index (χ0v) is 7.64. The van der Waals surface area contributed by atoms with Gasteiger partial charge in [-0.1, -0.05) is 0 Å². The van der Waals surface area contributed by atoms with Gasteiger partial charge in [0.15, 0.2) is 5.78 Å². The molecule has 0 aromatic heterocycles. The van der Waals surface area contributed by atoms with E-state index in [2.05, 4.69) is 0 Å². The van der Waals surface area contributed by atoms with Crippen molar-refractivity contribution in [2.75, 3.05) is 5.73 Å². The number of ketones is 1. The number of nitrogens with two attached hydrogens (primary N) is 1. The second-order valence-electron chi connectivity index (χ2n) is 3.08. The third-order valence-electron chi connectivity index (χ3n) is 1.99. The Balaban J connectivity index is 3.33. The van der Waals surface area contributed by atoms with Crippen molar-refractivity contribution in [2.45, 2.75) is 20.8 Å². The van der Waals surface area contributed by atoms with Crippen molar-refractivity contribution in [1.29, 1.82) is 0 Å². The van der Waals surface area contributed by atoms with Gasteiger partial charge in [-0.05, 0) is 44.0 Å². The summed E-state index contributed by atoms with van der Waals surface area (Å²) in [7, 11) is 0. The summed E-state index contributed by atoms with van der Waals surface area (Å²) in [5, 5.41) is 0. The summed E-state index contributed by atoms with van der Waals surface area (Å²) in [6, 6.07) is 3.68. The van der Waals surface area contributed by atoms with Crippen LogP contribution in [0.5, 0.6) is 0 Å². The number of Topliss-reactive ketones (excluding diaryl/α,β-unsaturated/α-hetero) is 1. The monoisotopic (exact) mass is 163 g/mol. The molecule has 12 heavy (non-hydrogen) atoms. The van der Waals surface area contributed by atoms with E-state index in [-0.39, 0.29) is 5.78 Å². The minimum absolute atomic E-state index is 0.0931. The van der Waals surface area contributed by atoms with E-state index in [0.29, 0.717) is 0 Å². The van der Waals surface area contributed by atoms with Crippen molar-refractivity contribution in [3.8, 4) is 0 Å². The van der Waals surface area contributed by atoms with Gasteiger partial charge in [-0.2, -0.15) is 0 Å². The van der Waals surface area contributed by atoms with Gasteiger partial charge in [0.2, 0.25) is 0 Å². The lowest BCUT2D eigenvalue weighted by Gasteiger charge is -2.05. The molecule has 1 rings (SSSR count). The average Bonchev–Trinajstić information content (AvgIpc) is 1.96. The summed E-state index contributed by atoms with van der Waals surface area (Å²) in [5.74, 6) is 0.0931. The van der Waals surface area contributed by atoms with Crippen LogP contribution >= 0.6 is 0 Å². The largest absolute Gasteiger partial charge is 0.399 e. The summed E-state index contributed by atoms with van der Waals surface area (Å²) in [6.07, 6.45) is 0. The Bertz CT molecular complexity index is 329. The van der Waals surface area contributed by atoms with Crippen molar-refractivity contribution in [3.63, 3.8) is 0 Å². The minimum Gasteiger partial charge on any atom is -0.399 e. The maximum absolute atomic E-state index is 11.1. The molecule has 0 amide bonds. The fourth-order valence-corrected chi connectivity index (χ4v) is 1.22. The molecule has 2 nitrogen and oxygen atoms in total. The van der Waals surface area contributed by atoms with Crippen molar-refractivity contribution in [2.24, 2.45) is 0 Å².